The molecule has 1 atom stereocenters. The molecule has 0 radical (unpaired) electrons. The van der Waals surface area contributed by atoms with Gasteiger partial charge in [-0.1, -0.05) is 20.3 Å². The lowest BCUT2D eigenvalue weighted by atomic mass is 10.1. The van der Waals surface area contributed by atoms with E-state index in [-0.39, 0.29) is 5.56 Å². The van der Waals surface area contributed by atoms with Crippen molar-refractivity contribution in [2.24, 2.45) is 5.92 Å². The minimum atomic E-state index is -4.47. The van der Waals surface area contributed by atoms with Crippen molar-refractivity contribution in [3.63, 3.8) is 0 Å². The van der Waals surface area contributed by atoms with Gasteiger partial charge < -0.3 is 0 Å². The van der Waals surface area contributed by atoms with E-state index >= 15 is 0 Å². The molecule has 0 bridgehead atoms. The first kappa shape index (κ1) is 14.9. The Balaban J connectivity index is 2.94. The first-order chi connectivity index (χ1) is 8.38. The van der Waals surface area contributed by atoms with Crippen molar-refractivity contribution in [1.29, 1.82) is 5.26 Å². The molecule has 1 rings (SSSR count). The van der Waals surface area contributed by atoms with E-state index in [1.807, 2.05) is 6.92 Å². The summed E-state index contributed by atoms with van der Waals surface area (Å²) >= 11 is 1.39. The maximum atomic E-state index is 12.7. The minimum Gasteiger partial charge on any atom is -0.192 e. The molecule has 0 fully saturated rings. The van der Waals surface area contributed by atoms with Crippen molar-refractivity contribution in [3.8, 4) is 6.07 Å². The minimum absolute atomic E-state index is 0.324. The zero-order valence-electron chi connectivity index (χ0n) is 10.2. The third kappa shape index (κ3) is 3.95. The Bertz CT molecular complexity index is 449. The van der Waals surface area contributed by atoms with Gasteiger partial charge in [-0.2, -0.15) is 18.4 Å². The second-order valence-electron chi connectivity index (χ2n) is 4.14. The molecule has 0 aromatic heterocycles. The predicted molar refractivity (Wildman–Crippen MR) is 66.3 cm³/mol. The zero-order valence-corrected chi connectivity index (χ0v) is 11.0. The number of alkyl halides is 3. The van der Waals surface area contributed by atoms with Crippen molar-refractivity contribution in [2.45, 2.75) is 31.3 Å². The lowest BCUT2D eigenvalue weighted by Gasteiger charge is -2.12. The van der Waals surface area contributed by atoms with Crippen LogP contribution in [0.2, 0.25) is 0 Å². The molecular formula is C13H14F3NS. The van der Waals surface area contributed by atoms with E-state index in [0.29, 0.717) is 10.8 Å². The Kier molecular flexibility index (Phi) is 5.09. The fraction of sp³-hybridized carbons (Fsp3) is 0.462. The monoisotopic (exact) mass is 273 g/mol. The summed E-state index contributed by atoms with van der Waals surface area (Å²) in [6.45, 7) is 4.10. The van der Waals surface area contributed by atoms with Gasteiger partial charge in [-0.25, -0.2) is 0 Å². The average Bonchev–Trinajstić information content (AvgIpc) is 2.34. The number of rotatable bonds is 4. The molecule has 0 spiro atoms. The first-order valence-electron chi connectivity index (χ1n) is 5.62. The topological polar surface area (TPSA) is 23.8 Å². The van der Waals surface area contributed by atoms with Crippen LogP contribution in [0, 0.1) is 17.2 Å². The summed E-state index contributed by atoms with van der Waals surface area (Å²) in [7, 11) is 0. The lowest BCUT2D eigenvalue weighted by molar-refractivity contribution is -0.137. The van der Waals surface area contributed by atoms with Gasteiger partial charge in [0.05, 0.1) is 17.2 Å². The molecule has 1 aromatic rings. The molecule has 0 N–H and O–H groups in total. The maximum absolute atomic E-state index is 12.7. The molecule has 0 heterocycles. The van der Waals surface area contributed by atoms with Crippen LogP contribution in [0.5, 0.6) is 0 Å². The highest BCUT2D eigenvalue weighted by Crippen LogP contribution is 2.34. The second-order valence-corrected chi connectivity index (χ2v) is 5.23. The molecule has 18 heavy (non-hydrogen) atoms. The van der Waals surface area contributed by atoms with Gasteiger partial charge in [-0.05, 0) is 24.1 Å². The van der Waals surface area contributed by atoms with Gasteiger partial charge in [0.1, 0.15) is 0 Å². The summed E-state index contributed by atoms with van der Waals surface area (Å²) in [4.78, 5) is 0.557. The summed E-state index contributed by atoms with van der Waals surface area (Å²) in [6.07, 6.45) is -3.48. The Hall–Kier alpha value is -1.15. The number of hydrogen-bond acceptors (Lipinski definition) is 2. The first-order valence-corrected chi connectivity index (χ1v) is 6.61. The Morgan fingerprint density at radius 1 is 1.39 bits per heavy atom. The molecule has 0 saturated carbocycles. The van der Waals surface area contributed by atoms with E-state index in [9.17, 15) is 13.2 Å². The molecule has 1 nitrogen and oxygen atoms in total. The Morgan fingerprint density at radius 2 is 2.06 bits per heavy atom. The Labute approximate surface area is 109 Å². The number of nitrogens with zero attached hydrogens (tertiary/aromatic N) is 1. The van der Waals surface area contributed by atoms with Crippen molar-refractivity contribution < 1.29 is 13.2 Å². The van der Waals surface area contributed by atoms with Crippen LogP contribution in [0.4, 0.5) is 13.2 Å². The number of hydrogen-bond donors (Lipinski definition) is 0. The molecule has 0 aliphatic carbocycles. The fourth-order valence-corrected chi connectivity index (χ4v) is 2.38. The molecule has 5 heteroatoms. The molecule has 1 aromatic carbocycles. The van der Waals surface area contributed by atoms with Crippen molar-refractivity contribution in [1.82, 2.24) is 0 Å². The van der Waals surface area contributed by atoms with Crippen LogP contribution in [-0.2, 0) is 6.18 Å². The van der Waals surface area contributed by atoms with Crippen molar-refractivity contribution >= 4 is 11.8 Å². The SMILES string of the molecule is CCC(C)CSc1ccc(C#N)c(C(F)(F)F)c1. The third-order valence-corrected chi connectivity index (χ3v) is 3.97. The highest BCUT2D eigenvalue weighted by molar-refractivity contribution is 7.99. The maximum Gasteiger partial charge on any atom is 0.417 e. The van der Waals surface area contributed by atoms with Crippen LogP contribution < -0.4 is 0 Å². The quantitative estimate of drug-likeness (QED) is 0.741. The van der Waals surface area contributed by atoms with Gasteiger partial charge in [-0.15, -0.1) is 11.8 Å². The van der Waals surface area contributed by atoms with Crippen molar-refractivity contribution in [3.05, 3.63) is 29.3 Å². The van der Waals surface area contributed by atoms with Crippen molar-refractivity contribution in [2.75, 3.05) is 5.75 Å². The summed E-state index contributed by atoms with van der Waals surface area (Å²) < 4.78 is 38.2. The molecule has 0 amide bonds. The molecule has 0 aliphatic heterocycles. The molecule has 1 unspecified atom stereocenters. The average molecular weight is 273 g/mol. The summed E-state index contributed by atoms with van der Waals surface area (Å²) in [5.74, 6) is 1.24. The van der Waals surface area contributed by atoms with Crippen LogP contribution >= 0.6 is 11.8 Å². The number of thioether (sulfide) groups is 1. The summed E-state index contributed by atoms with van der Waals surface area (Å²) in [6, 6.07) is 5.45. The predicted octanol–water partition coefficient (Wildman–Crippen LogP) is 4.72. The molecule has 98 valence electrons. The largest absolute Gasteiger partial charge is 0.417 e. The van der Waals surface area contributed by atoms with Crippen LogP contribution in [0.1, 0.15) is 31.4 Å². The number of benzene rings is 1. The van der Waals surface area contributed by atoms with E-state index < -0.39 is 11.7 Å². The van der Waals surface area contributed by atoms with Crippen LogP contribution in [-0.4, -0.2) is 5.75 Å². The van der Waals surface area contributed by atoms with E-state index in [2.05, 4.69) is 6.92 Å². The van der Waals surface area contributed by atoms with E-state index in [1.165, 1.54) is 17.8 Å². The van der Waals surface area contributed by atoms with Crippen LogP contribution in [0.25, 0.3) is 0 Å². The van der Waals surface area contributed by atoms with Gasteiger partial charge in [0.25, 0.3) is 0 Å². The second kappa shape index (κ2) is 6.14. The normalized spacial score (nSPS) is 13.1. The van der Waals surface area contributed by atoms with Gasteiger partial charge in [0.15, 0.2) is 0 Å². The summed E-state index contributed by atoms with van der Waals surface area (Å²) in [5.41, 5.74) is -1.17. The lowest BCUT2D eigenvalue weighted by Crippen LogP contribution is -2.08. The van der Waals surface area contributed by atoms with Gasteiger partial charge in [-0.3, -0.25) is 0 Å². The highest BCUT2D eigenvalue weighted by atomic mass is 32.2. The zero-order chi connectivity index (χ0) is 13.8. The standard InChI is InChI=1S/C13H14F3NS/c1-3-9(2)8-18-11-5-4-10(7-17)12(6-11)13(14,15)16/h4-6,9H,3,8H2,1-2H3. The smallest absolute Gasteiger partial charge is 0.192 e. The van der Waals surface area contributed by atoms with Gasteiger partial charge in [0, 0.05) is 10.6 Å². The Morgan fingerprint density at radius 3 is 2.56 bits per heavy atom. The summed E-state index contributed by atoms with van der Waals surface area (Å²) in [5, 5.41) is 8.67. The van der Waals surface area contributed by atoms with E-state index in [4.69, 9.17) is 5.26 Å². The van der Waals surface area contributed by atoms with Gasteiger partial charge >= 0.3 is 6.18 Å². The van der Waals surface area contributed by atoms with E-state index in [1.54, 1.807) is 12.1 Å². The van der Waals surface area contributed by atoms with E-state index in [0.717, 1.165) is 18.2 Å². The van der Waals surface area contributed by atoms with Crippen LogP contribution in [0.3, 0.4) is 0 Å². The van der Waals surface area contributed by atoms with Crippen LogP contribution in [0.15, 0.2) is 23.1 Å². The third-order valence-electron chi connectivity index (χ3n) is 2.65. The number of halogens is 3. The molecular weight excluding hydrogens is 259 g/mol. The van der Waals surface area contributed by atoms with Gasteiger partial charge in [0.2, 0.25) is 0 Å². The highest BCUT2D eigenvalue weighted by Gasteiger charge is 2.33. The number of nitriles is 1. The molecule has 0 aliphatic rings. The molecule has 0 saturated heterocycles. The fourth-order valence-electron chi connectivity index (χ4n) is 1.30.